The predicted octanol–water partition coefficient (Wildman–Crippen LogP) is 22.8. The van der Waals surface area contributed by atoms with Gasteiger partial charge in [0.1, 0.15) is 17.8 Å². The van der Waals surface area contributed by atoms with E-state index in [1.807, 2.05) is 0 Å². The van der Waals surface area contributed by atoms with Crippen LogP contribution >= 0.6 is 0 Å². The molecule has 2 aliphatic rings. The van der Waals surface area contributed by atoms with Gasteiger partial charge >= 0.3 is 0 Å². The average molecular weight is 1160 g/mol. The van der Waals surface area contributed by atoms with Gasteiger partial charge in [0.15, 0.2) is 0 Å². The zero-order chi connectivity index (χ0) is 62.4. The molecule has 7 heteroatoms. The van der Waals surface area contributed by atoms with Crippen LogP contribution in [0.4, 0.5) is 17.1 Å². The highest BCUT2D eigenvalue weighted by Crippen LogP contribution is 2.50. The van der Waals surface area contributed by atoms with Crippen LogP contribution in [0.3, 0.4) is 0 Å². The molecule has 1 fully saturated rings. The first-order valence-corrected chi connectivity index (χ1v) is 31.5. The Morgan fingerprint density at radius 1 is 0.391 bits per heavy atom. The van der Waals surface area contributed by atoms with Gasteiger partial charge in [-0.15, -0.1) is 0 Å². The Labute approximate surface area is 523 Å². The Morgan fingerprint density at radius 2 is 0.724 bits per heavy atom. The molecule has 0 radical (unpaired) electrons. The number of nitrogens with zero attached hydrogens (tertiary/aromatic N) is 5. The van der Waals surface area contributed by atoms with Crippen molar-refractivity contribution in [3.05, 3.63) is 257 Å². The third kappa shape index (κ3) is 13.7. The number of para-hydroxylation sites is 9. The summed E-state index contributed by atoms with van der Waals surface area (Å²) in [5.41, 5.74) is 22.6. The summed E-state index contributed by atoms with van der Waals surface area (Å²) in [6, 6.07) is 77.5. The van der Waals surface area contributed by atoms with E-state index in [0.29, 0.717) is 35.5 Å². The Morgan fingerprint density at radius 3 is 1.09 bits per heavy atom. The third-order valence-electron chi connectivity index (χ3n) is 16.6. The third-order valence-corrected chi connectivity index (χ3v) is 16.6. The summed E-state index contributed by atoms with van der Waals surface area (Å²) >= 11 is 0. The van der Waals surface area contributed by atoms with Gasteiger partial charge in [-0.25, -0.2) is 9.97 Å². The Kier molecular flexibility index (Phi) is 20.4. The number of nitrogens with one attached hydrogen (secondary N) is 1. The summed E-state index contributed by atoms with van der Waals surface area (Å²) in [6.45, 7) is 29.3. The first-order valence-electron chi connectivity index (χ1n) is 32.5. The van der Waals surface area contributed by atoms with E-state index in [4.69, 9.17) is 17.7 Å². The lowest BCUT2D eigenvalue weighted by Crippen LogP contribution is -2.26. The number of fused-ring (bicyclic) bond motifs is 3. The van der Waals surface area contributed by atoms with Crippen LogP contribution in [0.1, 0.15) is 187 Å². The molecule has 9 aromatic carbocycles. The minimum atomic E-state index is 0. The van der Waals surface area contributed by atoms with Crippen molar-refractivity contribution in [2.45, 2.75) is 145 Å². The summed E-state index contributed by atoms with van der Waals surface area (Å²) in [5.74, 6) is 4.67. The number of aromatic nitrogens is 4. The molecule has 1 saturated heterocycles. The number of ether oxygens (including phenoxy) is 1. The monoisotopic (exact) mass is 1160 g/mol. The molecule has 11 aromatic rings. The number of imidazole rings is 2. The second-order valence-electron chi connectivity index (χ2n) is 24.7. The molecule has 7 nitrogen and oxygen atoms in total. The highest BCUT2D eigenvalue weighted by molar-refractivity contribution is 5.87. The quantitative estimate of drug-likeness (QED) is 0.132. The molecule has 4 heterocycles. The number of anilines is 3. The Balaban J connectivity index is 0.000000162. The molecule has 87 heavy (non-hydrogen) atoms. The van der Waals surface area contributed by atoms with Gasteiger partial charge in [-0.1, -0.05) is 273 Å². The van der Waals surface area contributed by atoms with Gasteiger partial charge in [-0.3, -0.25) is 9.13 Å². The van der Waals surface area contributed by atoms with E-state index in [1.165, 1.54) is 80.2 Å². The minimum absolute atomic E-state index is 0. The summed E-state index contributed by atoms with van der Waals surface area (Å²) in [4.78, 5) is 12.6. The number of hydrogen-bond acceptors (Lipinski definition) is 5. The lowest BCUT2D eigenvalue weighted by molar-refractivity contribution is 0.198. The molecule has 0 saturated carbocycles. The SMILES string of the molecule is C.C1CCOC1.CC(C)c1cccc(C(C)C)c1-n1c(-c2ccccc2)nc2ccccc21.CC(C)c1cccc(C(C)C)c1-n1c(-c2ccccc2)nc2ccccc21.CC(C)c1cccc(C(C)C)c1N1c2ccccc2NC1c1ccccc1.[2H][2H]. The van der Waals surface area contributed by atoms with Crippen LogP contribution in [-0.4, -0.2) is 32.3 Å². The minimum Gasteiger partial charge on any atom is -0.381 e. The van der Waals surface area contributed by atoms with Crippen molar-refractivity contribution < 1.29 is 7.71 Å². The van der Waals surface area contributed by atoms with Crippen molar-refractivity contribution in [2.75, 3.05) is 23.4 Å². The fraction of sp³-hybridized carbons (Fsp3) is 0.300. The number of benzene rings is 9. The van der Waals surface area contributed by atoms with Crippen molar-refractivity contribution in [1.82, 2.24) is 19.1 Å². The second kappa shape index (κ2) is 28.8. The van der Waals surface area contributed by atoms with Crippen LogP contribution in [0.5, 0.6) is 0 Å². The Bertz CT molecular complexity index is 3730. The first-order chi connectivity index (χ1) is 42.7. The molecule has 0 spiro atoms. The van der Waals surface area contributed by atoms with Crippen molar-refractivity contribution in [1.29, 1.82) is 0 Å². The van der Waals surface area contributed by atoms with Crippen molar-refractivity contribution in [2.24, 2.45) is 0 Å². The lowest BCUT2D eigenvalue weighted by Gasteiger charge is -2.33. The summed E-state index contributed by atoms with van der Waals surface area (Å²) in [7, 11) is 0. The van der Waals surface area contributed by atoms with E-state index in [9.17, 15) is 0 Å². The zero-order valence-electron chi connectivity index (χ0n) is 54.8. The van der Waals surface area contributed by atoms with E-state index in [2.05, 4.69) is 321 Å². The van der Waals surface area contributed by atoms with E-state index < -0.39 is 0 Å². The molecule has 450 valence electrons. The highest BCUT2D eigenvalue weighted by atomic mass is 16.5. The highest BCUT2D eigenvalue weighted by Gasteiger charge is 2.34. The topological polar surface area (TPSA) is 60.1 Å². The molecule has 1 atom stereocenters. The lowest BCUT2D eigenvalue weighted by atomic mass is 9.91. The molecule has 2 aromatic heterocycles. The van der Waals surface area contributed by atoms with Crippen molar-refractivity contribution in [3.63, 3.8) is 0 Å². The Hall–Kier alpha value is -8.52. The van der Waals surface area contributed by atoms with Crippen LogP contribution in [0.25, 0.3) is 56.2 Å². The molecule has 13 rings (SSSR count). The fourth-order valence-corrected chi connectivity index (χ4v) is 12.2. The van der Waals surface area contributed by atoms with Crippen LogP contribution < -0.4 is 10.2 Å². The van der Waals surface area contributed by atoms with Crippen LogP contribution in [0.15, 0.2) is 218 Å². The molecule has 1 N–H and O–H groups in total. The molecule has 1 unspecified atom stereocenters. The van der Waals surface area contributed by atoms with Gasteiger partial charge in [0, 0.05) is 27.3 Å². The maximum atomic E-state index is 5.02. The number of hydrogen-bond donors (Lipinski definition) is 1. The van der Waals surface area contributed by atoms with Crippen LogP contribution in [0, 0.1) is 0 Å². The van der Waals surface area contributed by atoms with E-state index in [1.54, 1.807) is 0 Å². The van der Waals surface area contributed by atoms with Crippen molar-refractivity contribution >= 4 is 39.1 Å². The van der Waals surface area contributed by atoms with Gasteiger partial charge in [-0.05, 0) is 124 Å². The smallest absolute Gasteiger partial charge is 0.145 e. The average Bonchev–Trinajstić information content (AvgIpc) is 2.26. The van der Waals surface area contributed by atoms with Crippen LogP contribution in [0.2, 0.25) is 0 Å². The largest absolute Gasteiger partial charge is 0.381 e. The maximum absolute atomic E-state index is 5.02. The fourth-order valence-electron chi connectivity index (χ4n) is 12.2. The molecular formula is C80H94N6O. The molecule has 0 aliphatic carbocycles. The van der Waals surface area contributed by atoms with E-state index in [-0.39, 0.29) is 13.6 Å². The van der Waals surface area contributed by atoms with Gasteiger partial charge < -0.3 is 15.0 Å². The normalized spacial score (nSPS) is 13.6. The maximum Gasteiger partial charge on any atom is 0.145 e. The van der Waals surface area contributed by atoms with Gasteiger partial charge in [0.05, 0.1) is 50.5 Å². The van der Waals surface area contributed by atoms with Crippen LogP contribution in [-0.2, 0) is 4.74 Å². The predicted molar refractivity (Wildman–Crippen MR) is 374 cm³/mol. The molecular weight excluding hydrogens is 1060 g/mol. The van der Waals surface area contributed by atoms with E-state index in [0.717, 1.165) is 58.1 Å². The molecule has 2 aliphatic heterocycles. The summed E-state index contributed by atoms with van der Waals surface area (Å²) in [5, 5.41) is 3.76. The number of rotatable bonds is 12. The molecule has 0 bridgehead atoms. The van der Waals surface area contributed by atoms with Gasteiger partial charge in [0.25, 0.3) is 0 Å². The summed E-state index contributed by atoms with van der Waals surface area (Å²) < 4.78 is 19.7. The van der Waals surface area contributed by atoms with Crippen molar-refractivity contribution in [3.8, 4) is 34.2 Å². The van der Waals surface area contributed by atoms with Gasteiger partial charge in [0.2, 0.25) is 0 Å². The zero-order valence-corrected chi connectivity index (χ0v) is 52.8. The standard InChI is InChI=1S/C25H28N2.2C25H26N2.C4H8O.CH4.H2/c3*1-17(2)20-13-10-14-21(18(3)4)24(20)27-23-16-9-8-15-22(23)26-25(27)19-11-6-5-7-12-19;1-2-4-5-3-1;;/h5-18,25-26H,1-4H3;2*5-18H,1-4H3;1-4H2;1H4;1H/i;;;;;1+1D. The molecule has 0 amide bonds. The second-order valence-corrected chi connectivity index (χ2v) is 24.7. The van der Waals surface area contributed by atoms with E-state index >= 15 is 0 Å². The first kappa shape index (κ1) is 61.6. The van der Waals surface area contributed by atoms with Gasteiger partial charge in [-0.2, -0.15) is 0 Å². The summed E-state index contributed by atoms with van der Waals surface area (Å²) in [6.07, 6.45) is 2.65.